The fourth-order valence-corrected chi connectivity index (χ4v) is 2.42. The van der Waals surface area contributed by atoms with E-state index in [4.69, 9.17) is 21.1 Å². The van der Waals surface area contributed by atoms with Gasteiger partial charge in [0.1, 0.15) is 18.1 Å². The van der Waals surface area contributed by atoms with Crippen molar-refractivity contribution in [1.82, 2.24) is 16.0 Å². The molecule has 0 rings (SSSR count). The smallest absolute Gasteiger partial charge is 0.325 e. The molecule has 0 spiro atoms. The molecule has 0 aromatic heterocycles. The van der Waals surface area contributed by atoms with E-state index in [0.29, 0.717) is 0 Å². The van der Waals surface area contributed by atoms with Crippen LogP contribution in [0, 0.1) is 5.92 Å². The molecular formula is C18H30N4O9. The Balaban J connectivity index is 5.34. The topological polar surface area (TPSA) is 225 Å². The van der Waals surface area contributed by atoms with E-state index in [-0.39, 0.29) is 18.8 Å². The van der Waals surface area contributed by atoms with Gasteiger partial charge in [-0.25, -0.2) is 0 Å². The molecule has 0 fully saturated rings. The first-order valence-electron chi connectivity index (χ1n) is 9.57. The second kappa shape index (κ2) is 13.2. The van der Waals surface area contributed by atoms with E-state index in [0.717, 1.165) is 0 Å². The highest BCUT2D eigenvalue weighted by molar-refractivity contribution is 5.95. The third-order valence-electron chi connectivity index (χ3n) is 4.09. The summed E-state index contributed by atoms with van der Waals surface area (Å²) in [6, 6.07) is -5.27. The number of carboxylic acid groups (broad SMARTS) is 3. The lowest BCUT2D eigenvalue weighted by atomic mass is 10.0. The van der Waals surface area contributed by atoms with Crippen molar-refractivity contribution in [1.29, 1.82) is 0 Å². The Morgan fingerprint density at radius 1 is 0.774 bits per heavy atom. The van der Waals surface area contributed by atoms with Crippen LogP contribution in [0.25, 0.3) is 0 Å². The molecule has 0 saturated carbocycles. The molecule has 0 aliphatic carbocycles. The first-order chi connectivity index (χ1) is 14.2. The molecule has 0 heterocycles. The number of nitrogens with one attached hydrogen (secondary N) is 3. The fraction of sp³-hybridized carbons (Fsp3) is 0.667. The molecule has 31 heavy (non-hydrogen) atoms. The van der Waals surface area contributed by atoms with Gasteiger partial charge in [0.2, 0.25) is 17.7 Å². The number of aliphatic carboxylic acids is 3. The van der Waals surface area contributed by atoms with Crippen molar-refractivity contribution in [3.63, 3.8) is 0 Å². The van der Waals surface area contributed by atoms with Gasteiger partial charge in [-0.1, -0.05) is 13.8 Å². The summed E-state index contributed by atoms with van der Waals surface area (Å²) in [5, 5.41) is 33.3. The SMILES string of the molecule is CC(C)CC(NC(=O)C(CC(=O)O)NC(=O)C(N)CCC(=O)O)C(=O)NC(C)C(=O)O. The molecule has 0 saturated heterocycles. The van der Waals surface area contributed by atoms with Gasteiger partial charge >= 0.3 is 17.9 Å². The minimum Gasteiger partial charge on any atom is -0.481 e. The molecule has 0 radical (unpaired) electrons. The van der Waals surface area contributed by atoms with Crippen molar-refractivity contribution in [2.75, 3.05) is 0 Å². The minimum atomic E-state index is -1.58. The molecule has 0 aliphatic heterocycles. The van der Waals surface area contributed by atoms with Crippen molar-refractivity contribution in [3.8, 4) is 0 Å². The van der Waals surface area contributed by atoms with E-state index in [2.05, 4.69) is 16.0 Å². The Morgan fingerprint density at radius 3 is 1.74 bits per heavy atom. The average molecular weight is 446 g/mol. The van der Waals surface area contributed by atoms with Crippen LogP contribution >= 0.6 is 0 Å². The zero-order chi connectivity index (χ0) is 24.3. The summed E-state index contributed by atoms with van der Waals surface area (Å²) in [6.45, 7) is 4.75. The third kappa shape index (κ3) is 11.5. The number of hydrogen-bond donors (Lipinski definition) is 7. The van der Waals surface area contributed by atoms with Crippen LogP contribution in [0.15, 0.2) is 0 Å². The van der Waals surface area contributed by atoms with Gasteiger partial charge in [-0.15, -0.1) is 0 Å². The third-order valence-corrected chi connectivity index (χ3v) is 4.09. The Labute approximate surface area is 178 Å². The van der Waals surface area contributed by atoms with Crippen LogP contribution in [-0.4, -0.2) is 75.1 Å². The number of amides is 3. The van der Waals surface area contributed by atoms with Gasteiger partial charge in [-0.05, 0) is 25.7 Å². The predicted molar refractivity (Wildman–Crippen MR) is 106 cm³/mol. The maximum Gasteiger partial charge on any atom is 0.325 e. The van der Waals surface area contributed by atoms with Crippen LogP contribution in [0.1, 0.15) is 46.5 Å². The minimum absolute atomic E-state index is 0.0897. The molecule has 0 aromatic rings. The summed E-state index contributed by atoms with van der Waals surface area (Å²) < 4.78 is 0. The van der Waals surface area contributed by atoms with Crippen LogP contribution in [0.3, 0.4) is 0 Å². The Morgan fingerprint density at radius 2 is 1.29 bits per heavy atom. The Kier molecular flexibility index (Phi) is 11.8. The first-order valence-corrected chi connectivity index (χ1v) is 9.57. The largest absolute Gasteiger partial charge is 0.481 e. The molecule has 13 heteroatoms. The molecular weight excluding hydrogens is 416 g/mol. The molecule has 176 valence electrons. The van der Waals surface area contributed by atoms with Gasteiger partial charge in [0.05, 0.1) is 12.5 Å². The van der Waals surface area contributed by atoms with Crippen molar-refractivity contribution >= 4 is 35.6 Å². The molecule has 0 aromatic carbocycles. The number of hydrogen-bond acceptors (Lipinski definition) is 7. The quantitative estimate of drug-likeness (QED) is 0.159. The normalized spacial score (nSPS) is 14.6. The lowest BCUT2D eigenvalue weighted by molar-refractivity contribution is -0.143. The summed E-state index contributed by atoms with van der Waals surface area (Å²) >= 11 is 0. The van der Waals surface area contributed by atoms with Crippen molar-refractivity contribution in [3.05, 3.63) is 0 Å². The number of carbonyl (C=O) groups is 6. The van der Waals surface area contributed by atoms with Gasteiger partial charge in [0.15, 0.2) is 0 Å². The molecule has 4 atom stereocenters. The number of carboxylic acids is 3. The van der Waals surface area contributed by atoms with Crippen LogP contribution in [0.4, 0.5) is 0 Å². The molecule has 13 nitrogen and oxygen atoms in total. The summed E-state index contributed by atoms with van der Waals surface area (Å²) in [5.74, 6) is -6.65. The first kappa shape index (κ1) is 27.8. The van der Waals surface area contributed by atoms with Gasteiger partial charge in [-0.2, -0.15) is 0 Å². The van der Waals surface area contributed by atoms with Crippen molar-refractivity contribution in [2.24, 2.45) is 11.7 Å². The zero-order valence-corrected chi connectivity index (χ0v) is 17.6. The number of carbonyl (C=O) groups excluding carboxylic acids is 3. The van der Waals surface area contributed by atoms with Crippen molar-refractivity contribution < 1.29 is 44.1 Å². The maximum atomic E-state index is 12.6. The zero-order valence-electron chi connectivity index (χ0n) is 17.6. The van der Waals surface area contributed by atoms with Gasteiger partial charge in [0.25, 0.3) is 0 Å². The van der Waals surface area contributed by atoms with Crippen LogP contribution < -0.4 is 21.7 Å². The van der Waals surface area contributed by atoms with E-state index < -0.39 is 72.6 Å². The van der Waals surface area contributed by atoms with Gasteiger partial charge < -0.3 is 37.0 Å². The second-order valence-corrected chi connectivity index (χ2v) is 7.46. The second-order valence-electron chi connectivity index (χ2n) is 7.46. The Bertz CT molecular complexity index is 696. The summed E-state index contributed by atoms with van der Waals surface area (Å²) in [4.78, 5) is 69.8. The number of rotatable bonds is 14. The van der Waals surface area contributed by atoms with E-state index in [1.807, 2.05) is 0 Å². The fourth-order valence-electron chi connectivity index (χ4n) is 2.42. The van der Waals surface area contributed by atoms with Crippen LogP contribution in [0.2, 0.25) is 0 Å². The standard InChI is InChI=1S/C18H30N4O9/c1-8(2)6-11(16(28)20-9(3)18(30)31)22-17(29)12(7-14(25)26)21-15(27)10(19)4-5-13(23)24/h8-12H,4-7,19H2,1-3H3,(H,20,28)(H,21,27)(H,22,29)(H,23,24)(H,25,26)(H,30,31). The summed E-state index contributed by atoms with van der Waals surface area (Å²) in [7, 11) is 0. The lowest BCUT2D eigenvalue weighted by Gasteiger charge is -2.25. The molecule has 4 unspecified atom stereocenters. The van der Waals surface area contributed by atoms with Crippen molar-refractivity contribution in [2.45, 2.75) is 70.6 Å². The monoisotopic (exact) mass is 446 g/mol. The highest BCUT2D eigenvalue weighted by Gasteiger charge is 2.31. The Hall–Kier alpha value is -3.22. The predicted octanol–water partition coefficient (Wildman–Crippen LogP) is -1.74. The summed E-state index contributed by atoms with van der Waals surface area (Å²) in [5.41, 5.74) is 5.57. The summed E-state index contributed by atoms with van der Waals surface area (Å²) in [6.07, 6.45) is -1.32. The molecule has 8 N–H and O–H groups in total. The molecule has 3 amide bonds. The molecule has 0 aliphatic rings. The van der Waals surface area contributed by atoms with Gasteiger partial charge in [0, 0.05) is 6.42 Å². The molecule has 0 bridgehead atoms. The van der Waals surface area contributed by atoms with Crippen LogP contribution in [0.5, 0.6) is 0 Å². The van der Waals surface area contributed by atoms with E-state index >= 15 is 0 Å². The van der Waals surface area contributed by atoms with E-state index in [1.54, 1.807) is 13.8 Å². The maximum absolute atomic E-state index is 12.6. The van der Waals surface area contributed by atoms with E-state index in [9.17, 15) is 28.8 Å². The average Bonchev–Trinajstić information content (AvgIpc) is 2.63. The van der Waals surface area contributed by atoms with Gasteiger partial charge in [-0.3, -0.25) is 28.8 Å². The van der Waals surface area contributed by atoms with E-state index in [1.165, 1.54) is 6.92 Å². The number of nitrogens with two attached hydrogens (primary N) is 1. The van der Waals surface area contributed by atoms with Crippen LogP contribution in [-0.2, 0) is 28.8 Å². The lowest BCUT2D eigenvalue weighted by Crippen LogP contribution is -2.57. The highest BCUT2D eigenvalue weighted by Crippen LogP contribution is 2.07. The highest BCUT2D eigenvalue weighted by atomic mass is 16.4.